The first kappa shape index (κ1) is 17.5. The minimum atomic E-state index is -0.218. The summed E-state index contributed by atoms with van der Waals surface area (Å²) in [5.41, 5.74) is 1.79. The Morgan fingerprint density at radius 3 is 2.25 bits per heavy atom. The summed E-state index contributed by atoms with van der Waals surface area (Å²) < 4.78 is 5.70. The van der Waals surface area contributed by atoms with E-state index in [2.05, 4.69) is 17.6 Å². The molecule has 0 aromatic heterocycles. The number of hydrogen-bond donors (Lipinski definition) is 2. The number of nitrogens with one attached hydrogen (secondary N) is 2. The van der Waals surface area contributed by atoms with Crippen LogP contribution < -0.4 is 15.4 Å². The lowest BCUT2D eigenvalue weighted by molar-refractivity contribution is -0.114. The van der Waals surface area contributed by atoms with Crippen LogP contribution in [0.4, 0.5) is 11.4 Å². The minimum absolute atomic E-state index is 0.140. The number of carbonyl (C=O) groups is 2. The molecule has 0 heterocycles. The van der Waals surface area contributed by atoms with Gasteiger partial charge < -0.3 is 15.4 Å². The summed E-state index contributed by atoms with van der Waals surface area (Å²) in [4.78, 5) is 23.4. The molecule has 0 bridgehead atoms. The molecule has 5 nitrogen and oxygen atoms in total. The summed E-state index contributed by atoms with van der Waals surface area (Å²) in [6, 6.07) is 14.0. The molecule has 24 heavy (non-hydrogen) atoms. The molecule has 0 spiro atoms. The zero-order valence-corrected chi connectivity index (χ0v) is 14.1. The average Bonchev–Trinajstić information content (AvgIpc) is 2.55. The molecule has 0 saturated heterocycles. The topological polar surface area (TPSA) is 67.4 Å². The predicted octanol–water partition coefficient (Wildman–Crippen LogP) is 4.07. The van der Waals surface area contributed by atoms with Crippen molar-refractivity contribution in [3.8, 4) is 5.75 Å². The van der Waals surface area contributed by atoms with E-state index in [0.717, 1.165) is 12.2 Å². The van der Waals surface area contributed by atoms with E-state index >= 15 is 0 Å². The van der Waals surface area contributed by atoms with Gasteiger partial charge in [-0.3, -0.25) is 9.59 Å². The van der Waals surface area contributed by atoms with Gasteiger partial charge >= 0.3 is 0 Å². The van der Waals surface area contributed by atoms with Crippen molar-refractivity contribution in [1.82, 2.24) is 0 Å². The van der Waals surface area contributed by atoms with Gasteiger partial charge in [-0.15, -0.1) is 0 Å². The smallest absolute Gasteiger partial charge is 0.255 e. The van der Waals surface area contributed by atoms with E-state index in [-0.39, 0.29) is 17.9 Å². The van der Waals surface area contributed by atoms with E-state index in [0.29, 0.717) is 16.9 Å². The van der Waals surface area contributed by atoms with E-state index in [1.807, 2.05) is 6.92 Å². The van der Waals surface area contributed by atoms with Crippen molar-refractivity contribution in [3.05, 3.63) is 54.1 Å². The lowest BCUT2D eigenvalue weighted by atomic mass is 10.2. The second-order valence-corrected chi connectivity index (χ2v) is 5.58. The van der Waals surface area contributed by atoms with E-state index in [9.17, 15) is 9.59 Å². The van der Waals surface area contributed by atoms with Gasteiger partial charge in [0.15, 0.2) is 0 Å². The molecule has 0 unspecified atom stereocenters. The van der Waals surface area contributed by atoms with Crippen molar-refractivity contribution in [3.63, 3.8) is 0 Å². The summed E-state index contributed by atoms with van der Waals surface area (Å²) in [6.45, 7) is 5.50. The Morgan fingerprint density at radius 2 is 1.67 bits per heavy atom. The number of ether oxygens (including phenoxy) is 1. The third-order valence-electron chi connectivity index (χ3n) is 3.47. The summed E-state index contributed by atoms with van der Waals surface area (Å²) in [6.07, 6.45) is 1.06. The Balaban J connectivity index is 2.03. The van der Waals surface area contributed by atoms with Crippen LogP contribution in [0.15, 0.2) is 48.5 Å². The highest BCUT2D eigenvalue weighted by Crippen LogP contribution is 2.18. The maximum absolute atomic E-state index is 12.3. The van der Waals surface area contributed by atoms with Gasteiger partial charge in [0.2, 0.25) is 5.91 Å². The van der Waals surface area contributed by atoms with Crippen molar-refractivity contribution in [1.29, 1.82) is 0 Å². The summed E-state index contributed by atoms with van der Waals surface area (Å²) in [5, 5.41) is 5.49. The van der Waals surface area contributed by atoms with Crippen molar-refractivity contribution >= 4 is 23.2 Å². The first-order chi connectivity index (χ1) is 11.5. The third kappa shape index (κ3) is 5.12. The molecule has 2 rings (SSSR count). The third-order valence-corrected chi connectivity index (χ3v) is 3.47. The maximum atomic E-state index is 12.3. The molecule has 0 saturated carbocycles. The van der Waals surface area contributed by atoms with E-state index in [1.54, 1.807) is 48.5 Å². The van der Waals surface area contributed by atoms with E-state index in [1.165, 1.54) is 6.92 Å². The fourth-order valence-corrected chi connectivity index (χ4v) is 2.08. The van der Waals surface area contributed by atoms with Crippen molar-refractivity contribution < 1.29 is 14.3 Å². The average molecular weight is 326 g/mol. The molecule has 0 radical (unpaired) electrons. The molecule has 1 atom stereocenters. The lowest BCUT2D eigenvalue weighted by Gasteiger charge is -2.13. The zero-order valence-electron chi connectivity index (χ0n) is 14.1. The molecule has 0 aliphatic carbocycles. The number of benzene rings is 2. The van der Waals surface area contributed by atoms with E-state index < -0.39 is 0 Å². The Bertz CT molecular complexity index is 711. The molecule has 0 aliphatic heterocycles. The number of carbonyl (C=O) groups excluding carboxylic acids is 2. The normalized spacial score (nSPS) is 11.5. The number of rotatable bonds is 6. The minimum Gasteiger partial charge on any atom is -0.491 e. The standard InChI is InChI=1S/C19H22N2O3/c1-4-13(2)24-18-10-8-15(9-11-18)19(23)21-17-7-5-6-16(12-17)20-14(3)22/h5-13H,4H2,1-3H3,(H,20,22)(H,21,23)/t13-/m0/s1. The second kappa shape index (κ2) is 8.15. The molecule has 0 fully saturated rings. The molecule has 2 aromatic carbocycles. The van der Waals surface area contributed by atoms with Crippen LogP contribution in [0.1, 0.15) is 37.6 Å². The molecule has 5 heteroatoms. The number of anilines is 2. The fraction of sp³-hybridized carbons (Fsp3) is 0.263. The molecule has 126 valence electrons. The van der Waals surface area contributed by atoms with Crippen LogP contribution in [0.25, 0.3) is 0 Å². The van der Waals surface area contributed by atoms with Crippen LogP contribution in [-0.2, 0) is 4.79 Å². The number of hydrogen-bond acceptors (Lipinski definition) is 3. The van der Waals surface area contributed by atoms with Crippen molar-refractivity contribution in [2.24, 2.45) is 0 Å². The lowest BCUT2D eigenvalue weighted by Crippen LogP contribution is -2.13. The Hall–Kier alpha value is -2.82. The van der Waals surface area contributed by atoms with Gasteiger partial charge in [0.25, 0.3) is 5.91 Å². The van der Waals surface area contributed by atoms with Gasteiger partial charge in [-0.2, -0.15) is 0 Å². The van der Waals surface area contributed by atoms with Gasteiger partial charge in [-0.05, 0) is 55.8 Å². The Kier molecular flexibility index (Phi) is 5.95. The molecule has 0 aliphatic rings. The van der Waals surface area contributed by atoms with Gasteiger partial charge in [-0.1, -0.05) is 13.0 Å². The number of amides is 2. The van der Waals surface area contributed by atoms with Crippen LogP contribution in [0, 0.1) is 0 Å². The van der Waals surface area contributed by atoms with Gasteiger partial charge in [0.1, 0.15) is 5.75 Å². The molecular formula is C19H22N2O3. The predicted molar refractivity (Wildman–Crippen MR) is 95.5 cm³/mol. The van der Waals surface area contributed by atoms with Gasteiger partial charge in [0, 0.05) is 23.9 Å². The van der Waals surface area contributed by atoms with Gasteiger partial charge in [-0.25, -0.2) is 0 Å². The maximum Gasteiger partial charge on any atom is 0.255 e. The highest BCUT2D eigenvalue weighted by atomic mass is 16.5. The first-order valence-corrected chi connectivity index (χ1v) is 7.93. The SMILES string of the molecule is CC[C@H](C)Oc1ccc(C(=O)Nc2cccc(NC(C)=O)c2)cc1. The molecule has 2 N–H and O–H groups in total. The van der Waals surface area contributed by atoms with Crippen LogP contribution in [-0.4, -0.2) is 17.9 Å². The summed E-state index contributed by atoms with van der Waals surface area (Å²) in [5.74, 6) is 0.369. The monoisotopic (exact) mass is 326 g/mol. The van der Waals surface area contributed by atoms with E-state index in [4.69, 9.17) is 4.74 Å². The molecule has 2 aromatic rings. The van der Waals surface area contributed by atoms with Crippen molar-refractivity contribution in [2.45, 2.75) is 33.3 Å². The van der Waals surface area contributed by atoms with Crippen LogP contribution in [0.2, 0.25) is 0 Å². The summed E-state index contributed by atoms with van der Waals surface area (Å²) in [7, 11) is 0. The Morgan fingerprint density at radius 1 is 1.04 bits per heavy atom. The highest BCUT2D eigenvalue weighted by Gasteiger charge is 2.08. The Labute approximate surface area is 142 Å². The summed E-state index contributed by atoms with van der Waals surface area (Å²) >= 11 is 0. The van der Waals surface area contributed by atoms with Crippen LogP contribution >= 0.6 is 0 Å². The quantitative estimate of drug-likeness (QED) is 0.840. The van der Waals surface area contributed by atoms with Crippen LogP contribution in [0.3, 0.4) is 0 Å². The zero-order chi connectivity index (χ0) is 17.5. The largest absolute Gasteiger partial charge is 0.491 e. The first-order valence-electron chi connectivity index (χ1n) is 7.93. The molecule has 2 amide bonds. The highest BCUT2D eigenvalue weighted by molar-refractivity contribution is 6.04. The van der Waals surface area contributed by atoms with Crippen molar-refractivity contribution in [2.75, 3.05) is 10.6 Å². The second-order valence-electron chi connectivity index (χ2n) is 5.58. The fourth-order valence-electron chi connectivity index (χ4n) is 2.08. The molecular weight excluding hydrogens is 304 g/mol. The van der Waals surface area contributed by atoms with Crippen LogP contribution in [0.5, 0.6) is 5.75 Å². The van der Waals surface area contributed by atoms with Gasteiger partial charge in [0.05, 0.1) is 6.10 Å².